The van der Waals surface area contributed by atoms with Crippen molar-refractivity contribution >= 4 is 11.9 Å². The molecule has 1 aliphatic heterocycles. The van der Waals surface area contributed by atoms with E-state index in [1.807, 2.05) is 0 Å². The van der Waals surface area contributed by atoms with Gasteiger partial charge in [-0.1, -0.05) is 0 Å². The summed E-state index contributed by atoms with van der Waals surface area (Å²) in [7, 11) is 0. The van der Waals surface area contributed by atoms with Crippen molar-refractivity contribution in [3.05, 3.63) is 0 Å². The van der Waals surface area contributed by atoms with Gasteiger partial charge in [-0.25, -0.2) is 0 Å². The normalized spacial score (nSPS) is 17.6. The lowest BCUT2D eigenvalue weighted by atomic mass is 9.97. The van der Waals surface area contributed by atoms with Gasteiger partial charge in [0.25, 0.3) is 0 Å². The van der Waals surface area contributed by atoms with E-state index in [2.05, 4.69) is 0 Å². The van der Waals surface area contributed by atoms with Crippen LogP contribution in [0.25, 0.3) is 0 Å². The van der Waals surface area contributed by atoms with Gasteiger partial charge in [0.05, 0.1) is 6.42 Å². The van der Waals surface area contributed by atoms with E-state index in [0.717, 1.165) is 0 Å². The molecular weight excluding hydrogens is 146 g/mol. The van der Waals surface area contributed by atoms with E-state index in [1.54, 1.807) is 4.90 Å². The average Bonchev–Trinajstić information content (AvgIpc) is 1.75. The highest BCUT2D eigenvalue weighted by Gasteiger charge is 2.28. The van der Waals surface area contributed by atoms with Crippen LogP contribution in [0, 0.1) is 11.3 Å². The maximum atomic E-state index is 10.2. The molecule has 5 nitrogen and oxygen atoms in total. The Morgan fingerprint density at radius 1 is 1.73 bits per heavy atom. The second kappa shape index (κ2) is 2.77. The van der Waals surface area contributed by atoms with Crippen LogP contribution in [0.3, 0.4) is 0 Å². The molecule has 0 aromatic rings. The Morgan fingerprint density at radius 2 is 2.27 bits per heavy atom. The highest BCUT2D eigenvalue weighted by Crippen LogP contribution is 2.17. The lowest BCUT2D eigenvalue weighted by Gasteiger charge is -2.38. The third-order valence-corrected chi connectivity index (χ3v) is 1.76. The predicted molar refractivity (Wildman–Crippen MR) is 39.2 cm³/mol. The van der Waals surface area contributed by atoms with Gasteiger partial charge in [0.1, 0.15) is 0 Å². The van der Waals surface area contributed by atoms with Crippen molar-refractivity contribution in [3.63, 3.8) is 0 Å². The topological polar surface area (TPSA) is 90.4 Å². The summed E-state index contributed by atoms with van der Waals surface area (Å²) in [6.45, 7) is 1.23. The number of likely N-dealkylation sites (tertiary alicyclic amines) is 1. The maximum Gasteiger partial charge on any atom is 0.303 e. The van der Waals surface area contributed by atoms with Crippen LogP contribution in [0.15, 0.2) is 0 Å². The molecule has 0 spiro atoms. The fraction of sp³-hybridized carbons (Fsp3) is 0.667. The molecule has 1 fully saturated rings. The molecule has 0 aromatic carbocycles. The molecule has 11 heavy (non-hydrogen) atoms. The van der Waals surface area contributed by atoms with Gasteiger partial charge in [0, 0.05) is 19.0 Å². The van der Waals surface area contributed by atoms with Gasteiger partial charge in [0.2, 0.25) is 0 Å². The van der Waals surface area contributed by atoms with Gasteiger partial charge in [-0.05, 0) is 0 Å². The van der Waals surface area contributed by atoms with Crippen molar-refractivity contribution in [2.75, 3.05) is 13.1 Å². The van der Waals surface area contributed by atoms with Crippen LogP contribution in [-0.2, 0) is 4.79 Å². The highest BCUT2D eigenvalue weighted by molar-refractivity contribution is 5.76. The zero-order valence-corrected chi connectivity index (χ0v) is 6.08. The first-order valence-corrected chi connectivity index (χ1v) is 3.40. The fourth-order valence-electron chi connectivity index (χ4n) is 1.14. The Hall–Kier alpha value is -1.26. The standard InChI is InChI=1S/C6H11N3O2/c7-6(8)9-2-4(3-9)1-5(10)11/h4H,1-3H2,(H3,7,8)(H,10,11). The molecule has 0 unspecified atom stereocenters. The van der Waals surface area contributed by atoms with E-state index < -0.39 is 5.97 Å². The predicted octanol–water partition coefficient (Wildman–Crippen LogP) is -0.714. The molecule has 0 aliphatic carbocycles. The number of carboxylic acids is 1. The van der Waals surface area contributed by atoms with Crippen molar-refractivity contribution in [1.82, 2.24) is 4.90 Å². The summed E-state index contributed by atoms with van der Waals surface area (Å²) in [5.41, 5.74) is 5.15. The van der Waals surface area contributed by atoms with Gasteiger partial charge in [-0.2, -0.15) is 0 Å². The largest absolute Gasteiger partial charge is 0.481 e. The molecule has 1 heterocycles. The molecule has 0 atom stereocenters. The van der Waals surface area contributed by atoms with E-state index in [-0.39, 0.29) is 18.3 Å². The first kappa shape index (κ1) is 7.84. The molecule has 0 aromatic heterocycles. The average molecular weight is 157 g/mol. The van der Waals surface area contributed by atoms with Crippen molar-refractivity contribution in [1.29, 1.82) is 5.41 Å². The zero-order valence-electron chi connectivity index (χ0n) is 6.08. The molecule has 1 aliphatic rings. The Morgan fingerprint density at radius 3 is 2.64 bits per heavy atom. The molecule has 1 rings (SSSR count). The quantitative estimate of drug-likeness (QED) is 0.364. The van der Waals surface area contributed by atoms with Crippen LogP contribution in [0.5, 0.6) is 0 Å². The van der Waals surface area contributed by atoms with Crippen LogP contribution < -0.4 is 5.73 Å². The molecule has 0 radical (unpaired) electrons. The molecule has 5 heteroatoms. The number of nitrogens with zero attached hydrogens (tertiary/aromatic N) is 1. The Labute approximate surface area is 64.3 Å². The Balaban J connectivity index is 2.19. The minimum atomic E-state index is -0.779. The van der Waals surface area contributed by atoms with Crippen LogP contribution in [0.1, 0.15) is 6.42 Å². The summed E-state index contributed by atoms with van der Waals surface area (Å²) in [4.78, 5) is 11.8. The third-order valence-electron chi connectivity index (χ3n) is 1.76. The summed E-state index contributed by atoms with van der Waals surface area (Å²) in [5, 5.41) is 15.4. The van der Waals surface area contributed by atoms with Gasteiger partial charge >= 0.3 is 5.97 Å². The number of hydrogen-bond donors (Lipinski definition) is 3. The van der Waals surface area contributed by atoms with Gasteiger partial charge in [-0.3, -0.25) is 10.2 Å². The number of carboxylic acid groups (broad SMARTS) is 1. The van der Waals surface area contributed by atoms with E-state index in [9.17, 15) is 4.79 Å². The summed E-state index contributed by atoms with van der Waals surface area (Å²) in [5.74, 6) is -0.568. The number of nitrogens with two attached hydrogens (primary N) is 1. The number of aliphatic carboxylic acids is 1. The third kappa shape index (κ3) is 1.83. The van der Waals surface area contributed by atoms with E-state index >= 15 is 0 Å². The first-order chi connectivity index (χ1) is 5.09. The Kier molecular flexibility index (Phi) is 1.98. The van der Waals surface area contributed by atoms with E-state index in [1.165, 1.54) is 0 Å². The molecule has 62 valence electrons. The SMILES string of the molecule is N=C(N)N1CC(CC(=O)O)C1. The summed E-state index contributed by atoms with van der Waals surface area (Å²) in [6.07, 6.45) is 0.184. The maximum absolute atomic E-state index is 10.2. The first-order valence-electron chi connectivity index (χ1n) is 3.40. The number of carbonyl (C=O) groups is 1. The number of nitrogens with one attached hydrogen (secondary N) is 1. The van der Waals surface area contributed by atoms with Crippen molar-refractivity contribution < 1.29 is 9.90 Å². The van der Waals surface area contributed by atoms with Crippen LogP contribution in [0.4, 0.5) is 0 Å². The van der Waals surface area contributed by atoms with Crippen molar-refractivity contribution in [2.24, 2.45) is 11.7 Å². The van der Waals surface area contributed by atoms with Crippen LogP contribution in [0.2, 0.25) is 0 Å². The molecule has 1 saturated heterocycles. The minimum absolute atomic E-state index is 0.0339. The van der Waals surface area contributed by atoms with Crippen LogP contribution in [-0.4, -0.2) is 35.0 Å². The number of guanidine groups is 1. The molecular formula is C6H11N3O2. The molecule has 0 bridgehead atoms. The molecule has 4 N–H and O–H groups in total. The van der Waals surface area contributed by atoms with Gasteiger partial charge in [-0.15, -0.1) is 0 Å². The fourth-order valence-corrected chi connectivity index (χ4v) is 1.14. The number of rotatable bonds is 2. The van der Waals surface area contributed by atoms with E-state index in [4.69, 9.17) is 16.2 Å². The summed E-state index contributed by atoms with van der Waals surface area (Å²) < 4.78 is 0. The van der Waals surface area contributed by atoms with Crippen molar-refractivity contribution in [2.45, 2.75) is 6.42 Å². The van der Waals surface area contributed by atoms with Crippen molar-refractivity contribution in [3.8, 4) is 0 Å². The summed E-state index contributed by atoms with van der Waals surface area (Å²) >= 11 is 0. The van der Waals surface area contributed by atoms with Crippen LogP contribution >= 0.6 is 0 Å². The minimum Gasteiger partial charge on any atom is -0.481 e. The second-order valence-electron chi connectivity index (χ2n) is 2.75. The Bertz CT molecular complexity index is 186. The summed E-state index contributed by atoms with van der Waals surface area (Å²) in [6, 6.07) is 0. The number of hydrogen-bond acceptors (Lipinski definition) is 2. The molecule has 0 amide bonds. The highest BCUT2D eigenvalue weighted by atomic mass is 16.4. The van der Waals surface area contributed by atoms with Gasteiger partial charge in [0.15, 0.2) is 5.96 Å². The lowest BCUT2D eigenvalue weighted by molar-refractivity contribution is -0.139. The molecule has 0 saturated carbocycles. The zero-order chi connectivity index (χ0) is 8.43. The van der Waals surface area contributed by atoms with E-state index in [0.29, 0.717) is 13.1 Å². The van der Waals surface area contributed by atoms with Gasteiger partial charge < -0.3 is 15.7 Å². The monoisotopic (exact) mass is 157 g/mol. The lowest BCUT2D eigenvalue weighted by Crippen LogP contribution is -2.53. The second-order valence-corrected chi connectivity index (χ2v) is 2.75. The smallest absolute Gasteiger partial charge is 0.303 e.